The molecule has 0 amide bonds. The van der Waals surface area contributed by atoms with Gasteiger partial charge < -0.3 is 10.1 Å². The van der Waals surface area contributed by atoms with Crippen molar-refractivity contribution in [2.24, 2.45) is 0 Å². The summed E-state index contributed by atoms with van der Waals surface area (Å²) in [5, 5.41) is 3.23. The molecule has 2 nitrogen and oxygen atoms in total. The molecule has 4 heteroatoms. The number of rotatable bonds is 5. The molecule has 0 saturated carbocycles. The van der Waals surface area contributed by atoms with Crippen molar-refractivity contribution in [3.05, 3.63) is 35.4 Å². The first kappa shape index (κ1) is 14.4. The lowest BCUT2D eigenvalue weighted by molar-refractivity contribution is 0.0112. The maximum Gasteiger partial charge on any atom is 0.128 e. The summed E-state index contributed by atoms with van der Waals surface area (Å²) in [4.78, 5) is 0. The van der Waals surface area contributed by atoms with E-state index in [1.54, 1.807) is 0 Å². The van der Waals surface area contributed by atoms with Crippen molar-refractivity contribution in [3.8, 4) is 0 Å². The molecule has 1 aliphatic heterocycles. The number of hydrogen-bond donors (Lipinski definition) is 1. The largest absolute Gasteiger partial charge is 0.378 e. The first-order chi connectivity index (χ1) is 9.16. The Hall–Kier alpha value is -1.00. The summed E-state index contributed by atoms with van der Waals surface area (Å²) >= 11 is 0. The van der Waals surface area contributed by atoms with E-state index < -0.39 is 5.82 Å². The standard InChI is InChI=1S/C15H21F2NO/c1-11(14-10-12(16)5-6-15(14)17)18-8-7-13-4-2-3-9-19-13/h5-6,10-11,13,18H,2-4,7-9H2,1H3. The molecule has 2 unspecified atom stereocenters. The molecule has 0 aliphatic carbocycles. The minimum atomic E-state index is -0.402. The lowest BCUT2D eigenvalue weighted by Gasteiger charge is -2.23. The summed E-state index contributed by atoms with van der Waals surface area (Å²) in [6.45, 7) is 3.44. The van der Waals surface area contributed by atoms with Gasteiger partial charge in [0, 0.05) is 18.2 Å². The van der Waals surface area contributed by atoms with Crippen LogP contribution in [0.4, 0.5) is 8.78 Å². The Morgan fingerprint density at radius 2 is 2.21 bits per heavy atom. The number of hydrogen-bond acceptors (Lipinski definition) is 2. The van der Waals surface area contributed by atoms with Gasteiger partial charge >= 0.3 is 0 Å². The molecule has 1 aliphatic rings. The third kappa shape index (κ3) is 4.25. The zero-order valence-electron chi connectivity index (χ0n) is 11.3. The molecule has 1 saturated heterocycles. The van der Waals surface area contributed by atoms with Gasteiger partial charge in [-0.3, -0.25) is 0 Å². The van der Waals surface area contributed by atoms with Crippen molar-refractivity contribution < 1.29 is 13.5 Å². The molecule has 106 valence electrons. The van der Waals surface area contributed by atoms with Gasteiger partial charge in [-0.15, -0.1) is 0 Å². The minimum absolute atomic E-state index is 0.195. The highest BCUT2D eigenvalue weighted by atomic mass is 19.1. The topological polar surface area (TPSA) is 21.3 Å². The van der Waals surface area contributed by atoms with Crippen LogP contribution >= 0.6 is 0 Å². The SMILES string of the molecule is CC(NCCC1CCCCO1)c1cc(F)ccc1F. The highest BCUT2D eigenvalue weighted by molar-refractivity contribution is 5.21. The Balaban J connectivity index is 1.80. The van der Waals surface area contributed by atoms with Gasteiger partial charge in [0.25, 0.3) is 0 Å². The average molecular weight is 269 g/mol. The van der Waals surface area contributed by atoms with Gasteiger partial charge in [0.2, 0.25) is 0 Å². The molecular weight excluding hydrogens is 248 g/mol. The summed E-state index contributed by atoms with van der Waals surface area (Å²) in [5.41, 5.74) is 0.379. The van der Waals surface area contributed by atoms with E-state index in [9.17, 15) is 8.78 Å². The van der Waals surface area contributed by atoms with Crippen LogP contribution in [0.3, 0.4) is 0 Å². The van der Waals surface area contributed by atoms with Gasteiger partial charge in [0.05, 0.1) is 6.10 Å². The van der Waals surface area contributed by atoms with E-state index in [4.69, 9.17) is 4.74 Å². The number of benzene rings is 1. The highest BCUT2D eigenvalue weighted by Crippen LogP contribution is 2.19. The second kappa shape index (κ2) is 6.96. The van der Waals surface area contributed by atoms with Crippen LogP contribution in [-0.4, -0.2) is 19.3 Å². The fourth-order valence-electron chi connectivity index (χ4n) is 2.45. The van der Waals surface area contributed by atoms with E-state index in [0.29, 0.717) is 11.7 Å². The zero-order chi connectivity index (χ0) is 13.7. The van der Waals surface area contributed by atoms with E-state index in [1.165, 1.54) is 18.6 Å². The van der Waals surface area contributed by atoms with Crippen LogP contribution in [0.15, 0.2) is 18.2 Å². The molecule has 1 aromatic carbocycles. The van der Waals surface area contributed by atoms with Gasteiger partial charge in [-0.05, 0) is 57.4 Å². The molecule has 19 heavy (non-hydrogen) atoms. The second-order valence-electron chi connectivity index (χ2n) is 5.12. The predicted octanol–water partition coefficient (Wildman–Crippen LogP) is 3.57. The highest BCUT2D eigenvalue weighted by Gasteiger charge is 2.15. The van der Waals surface area contributed by atoms with Crippen LogP contribution in [0, 0.1) is 11.6 Å². The van der Waals surface area contributed by atoms with Crippen LogP contribution in [0.5, 0.6) is 0 Å². The van der Waals surface area contributed by atoms with Crippen LogP contribution in [0.2, 0.25) is 0 Å². The summed E-state index contributed by atoms with van der Waals surface area (Å²) < 4.78 is 32.3. The summed E-state index contributed by atoms with van der Waals surface area (Å²) in [5.74, 6) is -0.768. The molecule has 2 rings (SSSR count). The number of ether oxygens (including phenoxy) is 1. The van der Waals surface area contributed by atoms with Gasteiger partial charge in [-0.25, -0.2) is 8.78 Å². The van der Waals surface area contributed by atoms with Crippen molar-refractivity contribution in [2.75, 3.05) is 13.2 Å². The van der Waals surface area contributed by atoms with E-state index in [1.807, 2.05) is 6.92 Å². The molecule has 0 spiro atoms. The maximum atomic E-state index is 13.6. The Kier molecular flexibility index (Phi) is 5.28. The van der Waals surface area contributed by atoms with Gasteiger partial charge in [0.15, 0.2) is 0 Å². The summed E-state index contributed by atoms with van der Waals surface area (Å²) in [7, 11) is 0. The van der Waals surface area contributed by atoms with Crippen LogP contribution in [0.25, 0.3) is 0 Å². The molecule has 2 atom stereocenters. The normalized spacial score (nSPS) is 21.3. The van der Waals surface area contributed by atoms with Crippen LogP contribution in [0.1, 0.15) is 44.2 Å². The zero-order valence-corrected chi connectivity index (χ0v) is 11.3. The molecule has 1 N–H and O–H groups in total. The second-order valence-corrected chi connectivity index (χ2v) is 5.12. The summed E-state index contributed by atoms with van der Waals surface area (Å²) in [6.07, 6.45) is 4.70. The first-order valence-corrected chi connectivity index (χ1v) is 6.97. The molecular formula is C15H21F2NO. The number of halogens is 2. The molecule has 0 aromatic heterocycles. The minimum Gasteiger partial charge on any atom is -0.378 e. The van der Waals surface area contributed by atoms with Crippen LogP contribution < -0.4 is 5.32 Å². The molecule has 1 fully saturated rings. The first-order valence-electron chi connectivity index (χ1n) is 6.97. The van der Waals surface area contributed by atoms with Gasteiger partial charge in [-0.1, -0.05) is 0 Å². The fourth-order valence-corrected chi connectivity index (χ4v) is 2.45. The van der Waals surface area contributed by atoms with Crippen molar-refractivity contribution in [3.63, 3.8) is 0 Å². The lowest BCUT2D eigenvalue weighted by atomic mass is 10.0. The molecule has 0 bridgehead atoms. The van der Waals surface area contributed by atoms with Crippen molar-refractivity contribution in [1.29, 1.82) is 0 Å². The summed E-state index contributed by atoms with van der Waals surface area (Å²) in [6, 6.07) is 3.37. The van der Waals surface area contributed by atoms with E-state index in [2.05, 4.69) is 5.32 Å². The average Bonchev–Trinajstić information content (AvgIpc) is 2.42. The lowest BCUT2D eigenvalue weighted by Crippen LogP contribution is -2.27. The van der Waals surface area contributed by atoms with Crippen LogP contribution in [-0.2, 0) is 4.74 Å². The van der Waals surface area contributed by atoms with E-state index in [-0.39, 0.29) is 11.9 Å². The third-order valence-electron chi connectivity index (χ3n) is 3.62. The van der Waals surface area contributed by atoms with Gasteiger partial charge in [0.1, 0.15) is 11.6 Å². The monoisotopic (exact) mass is 269 g/mol. The Bertz CT molecular complexity index is 405. The Morgan fingerprint density at radius 1 is 1.37 bits per heavy atom. The van der Waals surface area contributed by atoms with E-state index in [0.717, 1.165) is 38.5 Å². The smallest absolute Gasteiger partial charge is 0.128 e. The van der Waals surface area contributed by atoms with Crippen molar-refractivity contribution in [1.82, 2.24) is 5.32 Å². The third-order valence-corrected chi connectivity index (χ3v) is 3.62. The predicted molar refractivity (Wildman–Crippen MR) is 71.0 cm³/mol. The van der Waals surface area contributed by atoms with E-state index >= 15 is 0 Å². The quantitative estimate of drug-likeness (QED) is 0.882. The molecule has 1 heterocycles. The Labute approximate surface area is 113 Å². The Morgan fingerprint density at radius 3 is 2.95 bits per heavy atom. The van der Waals surface area contributed by atoms with Gasteiger partial charge in [-0.2, -0.15) is 0 Å². The van der Waals surface area contributed by atoms with Crippen molar-refractivity contribution in [2.45, 2.75) is 44.8 Å². The maximum absolute atomic E-state index is 13.6. The molecule has 0 radical (unpaired) electrons. The molecule has 1 aromatic rings. The number of nitrogens with one attached hydrogen (secondary N) is 1. The fraction of sp³-hybridized carbons (Fsp3) is 0.600. The van der Waals surface area contributed by atoms with Crippen molar-refractivity contribution >= 4 is 0 Å².